The van der Waals surface area contributed by atoms with E-state index in [9.17, 15) is 0 Å². The van der Waals surface area contributed by atoms with Crippen molar-refractivity contribution in [1.29, 1.82) is 0 Å². The van der Waals surface area contributed by atoms with E-state index < -0.39 is 5.31 Å². The van der Waals surface area contributed by atoms with Crippen molar-refractivity contribution in [2.45, 2.75) is 478 Å². The molecule has 0 bridgehead atoms. The number of hydrogen-bond donors (Lipinski definition) is 0. The van der Waals surface area contributed by atoms with Crippen molar-refractivity contribution in [3.8, 4) is 0 Å². The van der Waals surface area contributed by atoms with Crippen LogP contribution in [0, 0.1) is 5.41 Å². The summed E-state index contributed by atoms with van der Waals surface area (Å²) in [6.07, 6.45) is 100. The number of hydrogen-bond acceptors (Lipinski definition) is 0. The van der Waals surface area contributed by atoms with Crippen LogP contribution in [0.15, 0.2) is 0 Å². The summed E-state index contributed by atoms with van der Waals surface area (Å²) in [4.78, 5) is 0. The van der Waals surface area contributed by atoms with Crippen LogP contribution in [0.3, 0.4) is 0 Å². The molecule has 0 unspecified atom stereocenters. The van der Waals surface area contributed by atoms with Gasteiger partial charge in [-0.1, -0.05) is 53.9 Å². The van der Waals surface area contributed by atoms with Gasteiger partial charge in [-0.05, 0) is 0 Å². The first-order valence-electron chi connectivity index (χ1n) is 39.0. The van der Waals surface area contributed by atoms with Crippen LogP contribution in [0.1, 0.15) is 473 Å². The van der Waals surface area contributed by atoms with E-state index in [2.05, 4.69) is 55.4 Å². The van der Waals surface area contributed by atoms with Crippen molar-refractivity contribution >= 4 is 20.8 Å². The van der Waals surface area contributed by atoms with E-state index >= 15 is 0 Å². The Hall–Kier alpha value is 0.910. The third kappa shape index (κ3) is 40.4. The van der Waals surface area contributed by atoms with Gasteiger partial charge < -0.3 is 0 Å². The Morgan fingerprint density at radius 2 is 0.338 bits per heavy atom. The predicted octanol–water partition coefficient (Wildman–Crippen LogP) is 31.1. The summed E-state index contributed by atoms with van der Waals surface area (Å²) in [5.41, 5.74) is 0.470. The summed E-state index contributed by atoms with van der Waals surface area (Å²) >= 11 is 5.45. The number of unbranched alkanes of at least 4 members (excludes halogenated alkanes) is 54. The minimum atomic E-state index is -2.45. The molecule has 0 heterocycles. The monoisotopic (exact) mass is 1210 g/mol. The van der Waals surface area contributed by atoms with Crippen molar-refractivity contribution < 1.29 is 0 Å². The van der Waals surface area contributed by atoms with Crippen molar-refractivity contribution in [3.05, 3.63) is 0 Å². The maximum atomic E-state index is 5.45. The topological polar surface area (TPSA) is 0 Å². The summed E-state index contributed by atoms with van der Waals surface area (Å²) in [6.45, 7) is 19.8. The number of halogens is 1. The van der Waals surface area contributed by atoms with Crippen molar-refractivity contribution in [3.63, 3.8) is 0 Å². The van der Waals surface area contributed by atoms with Crippen LogP contribution in [0.5, 0.6) is 0 Å². The predicted molar refractivity (Wildman–Crippen MR) is 381 cm³/mol. The van der Waals surface area contributed by atoms with Crippen LogP contribution >= 0.6 is 20.8 Å². The van der Waals surface area contributed by atoms with Gasteiger partial charge in [-0.2, -0.15) is 0 Å². The van der Waals surface area contributed by atoms with E-state index in [1.54, 1.807) is 38.3 Å². The second-order valence-corrected chi connectivity index (χ2v) is 39.4. The summed E-state index contributed by atoms with van der Waals surface area (Å²) in [5.74, 6) is 0. The zero-order valence-corrected chi connectivity index (χ0v) is 60.4. The van der Waals surface area contributed by atoms with Crippen LogP contribution in [-0.4, -0.2) is 23.6 Å². The molecule has 0 aliphatic rings. The second kappa shape index (κ2) is 60.2. The van der Waals surface area contributed by atoms with E-state index in [1.165, 1.54) is 398 Å². The zero-order valence-electron chi connectivity index (χ0n) is 57.9. The maximum absolute atomic E-state index is 5.45. The first kappa shape index (κ1) is 80.9. The first-order valence-corrected chi connectivity index (χ1v) is 43.8. The van der Waals surface area contributed by atoms with E-state index in [0.717, 1.165) is 0 Å². The molecule has 0 aromatic rings. The Kier molecular flexibility index (Phi) is 60.9. The van der Waals surface area contributed by atoms with Gasteiger partial charge in [0.25, 0.3) is 0 Å². The van der Waals surface area contributed by atoms with Gasteiger partial charge in [0, 0.05) is 0 Å². The molecule has 0 radical (unpaired) electrons. The summed E-state index contributed by atoms with van der Waals surface area (Å²) in [7, 11) is 0. The Morgan fingerprint density at radius 3 is 0.512 bits per heavy atom. The molecule has 0 amide bonds. The van der Waals surface area contributed by atoms with Crippen LogP contribution in [-0.2, 0) is 0 Å². The summed E-state index contributed by atoms with van der Waals surface area (Å²) in [6, 6.07) is 0. The van der Waals surface area contributed by atoms with Gasteiger partial charge in [-0.3, -0.25) is 0 Å². The molecule has 0 saturated heterocycles. The second-order valence-electron chi connectivity index (χ2n) is 28.1. The molecule has 0 saturated carbocycles. The Labute approximate surface area is 519 Å². The van der Waals surface area contributed by atoms with Crippen LogP contribution in [0.4, 0.5) is 0 Å². The molecule has 0 nitrogen and oxygen atoms in total. The van der Waals surface area contributed by atoms with Crippen LogP contribution in [0.2, 0.25) is 0 Å². The Balaban J connectivity index is 7.54. The molecule has 0 aliphatic carbocycles. The molecule has 80 heavy (non-hydrogen) atoms. The van der Waals surface area contributed by atoms with Gasteiger partial charge >= 0.3 is 469 Å². The third-order valence-electron chi connectivity index (χ3n) is 21.4. The molecule has 0 rings (SSSR count). The molecule has 0 aromatic heterocycles. The molecule has 0 aliphatic heterocycles. The van der Waals surface area contributed by atoms with Crippen molar-refractivity contribution in [2.24, 2.45) is 5.41 Å². The molecule has 0 N–H and O–H groups in total. The Morgan fingerprint density at radius 1 is 0.188 bits per heavy atom. The van der Waals surface area contributed by atoms with Gasteiger partial charge in [0.05, 0.1) is 0 Å². The quantitative estimate of drug-likeness (QED) is 0.0421. The SMILES string of the molecule is CCCCCCCCCCCCC(CCCCCCCCCCCC)(CCCCCCCCCCCC)C(CCCCCCCCCCCC)(CCCCCCCCCCCC)P(Br)(CC)(CC)CCCCCCCCCCCC. The van der Waals surface area contributed by atoms with Gasteiger partial charge in [0.2, 0.25) is 0 Å². The fraction of sp³-hybridized carbons (Fsp3) is 1.00. The molecular weight excluding hydrogens is 1050 g/mol. The molecule has 0 aromatic carbocycles. The molecular formula is C78H160BrP. The fourth-order valence-corrected chi connectivity index (χ4v) is 25.4. The van der Waals surface area contributed by atoms with Crippen molar-refractivity contribution in [1.82, 2.24) is 0 Å². The summed E-state index contributed by atoms with van der Waals surface area (Å²) < 4.78 is 0. The summed E-state index contributed by atoms with van der Waals surface area (Å²) in [5, 5.41) is -2.00. The molecule has 484 valence electrons. The average Bonchev–Trinajstić information content (AvgIpc) is 2.41. The van der Waals surface area contributed by atoms with Crippen LogP contribution in [0.25, 0.3) is 0 Å². The molecule has 0 spiro atoms. The van der Waals surface area contributed by atoms with Gasteiger partial charge in [0.15, 0.2) is 0 Å². The van der Waals surface area contributed by atoms with Gasteiger partial charge in [-0.15, -0.1) is 0 Å². The third-order valence-corrected chi connectivity index (χ3v) is 34.9. The normalized spacial score (nSPS) is 13.0. The minimum absolute atomic E-state index is 0.458. The van der Waals surface area contributed by atoms with E-state index in [0.29, 0.717) is 10.6 Å². The van der Waals surface area contributed by atoms with Gasteiger partial charge in [0.1, 0.15) is 0 Å². The average molecular weight is 1210 g/mol. The molecule has 0 atom stereocenters. The first-order chi connectivity index (χ1) is 39.3. The van der Waals surface area contributed by atoms with Gasteiger partial charge in [-0.25, -0.2) is 0 Å². The number of rotatable bonds is 70. The molecule has 0 fully saturated rings. The van der Waals surface area contributed by atoms with Crippen LogP contribution < -0.4 is 0 Å². The fourth-order valence-electron chi connectivity index (χ4n) is 15.9. The van der Waals surface area contributed by atoms with E-state index in [4.69, 9.17) is 15.5 Å². The zero-order chi connectivity index (χ0) is 58.5. The Bertz CT molecular complexity index is 1090. The van der Waals surface area contributed by atoms with E-state index in [1.807, 2.05) is 0 Å². The van der Waals surface area contributed by atoms with E-state index in [-0.39, 0.29) is 0 Å². The van der Waals surface area contributed by atoms with Crippen molar-refractivity contribution in [2.75, 3.05) is 18.5 Å². The molecule has 2 heteroatoms. The standard InChI is InChI=1S/C78H160BrP/c1-9-17-23-29-35-41-47-53-59-65-71-77(72-66-60-54-48-42-36-30-24-18-10-2,73-67-61-55-49-43-37-31-25-19-11-3)78(74-68-62-56-50-44-38-32-26-20-12-4,75-69-63-57-51-45-39-33-27-21-13-5)80(79,15-7,16-8)76-70-64-58-52-46-40-34-28-22-14-6/h9-76H2,1-8H3.